The monoisotopic (exact) mass is 262 g/mol. The van der Waals surface area contributed by atoms with Gasteiger partial charge in [0.15, 0.2) is 0 Å². The zero-order valence-corrected chi connectivity index (χ0v) is 12.3. The maximum Gasteiger partial charge on any atom is 0.254 e. The Morgan fingerprint density at radius 1 is 1.26 bits per heavy atom. The van der Waals surface area contributed by atoms with Gasteiger partial charge in [-0.05, 0) is 39.8 Å². The van der Waals surface area contributed by atoms with E-state index in [2.05, 4.69) is 5.32 Å². The van der Waals surface area contributed by atoms with Crippen LogP contribution in [0.4, 0.5) is 0 Å². The molecule has 4 nitrogen and oxygen atoms in total. The number of aryl methyl sites for hydroxylation is 1. The first-order valence-electron chi connectivity index (χ1n) is 6.32. The highest BCUT2D eigenvalue weighted by atomic mass is 16.2. The molecule has 104 valence electrons. The van der Waals surface area contributed by atoms with Crippen LogP contribution in [0.5, 0.6) is 0 Å². The van der Waals surface area contributed by atoms with E-state index in [1.165, 1.54) is 4.90 Å². The second-order valence-corrected chi connectivity index (χ2v) is 5.83. The fraction of sp³-hybridized carbons (Fsp3) is 0.467. The molecule has 0 aliphatic carbocycles. The minimum atomic E-state index is -0.287. The van der Waals surface area contributed by atoms with Crippen LogP contribution in [-0.2, 0) is 4.79 Å². The molecular formula is C15H22N2O2. The lowest BCUT2D eigenvalue weighted by molar-refractivity contribution is -0.122. The first kappa shape index (κ1) is 15.2. The fourth-order valence-electron chi connectivity index (χ4n) is 1.74. The first-order valence-corrected chi connectivity index (χ1v) is 6.32. The zero-order chi connectivity index (χ0) is 14.6. The molecule has 0 radical (unpaired) electrons. The number of likely N-dealkylation sites (N-methyl/N-ethyl adjacent to an activating group) is 1. The van der Waals surface area contributed by atoms with Crippen LogP contribution in [0.3, 0.4) is 0 Å². The Hall–Kier alpha value is -1.84. The lowest BCUT2D eigenvalue weighted by atomic mass is 10.1. The Kier molecular flexibility index (Phi) is 4.70. The summed E-state index contributed by atoms with van der Waals surface area (Å²) < 4.78 is 0. The molecule has 1 rings (SSSR count). The van der Waals surface area contributed by atoms with Crippen molar-refractivity contribution in [1.29, 1.82) is 0 Å². The van der Waals surface area contributed by atoms with Crippen molar-refractivity contribution in [2.24, 2.45) is 0 Å². The molecule has 19 heavy (non-hydrogen) atoms. The Bertz CT molecular complexity index is 475. The van der Waals surface area contributed by atoms with Gasteiger partial charge in [-0.1, -0.05) is 17.7 Å². The number of amides is 2. The topological polar surface area (TPSA) is 49.4 Å². The van der Waals surface area contributed by atoms with Crippen molar-refractivity contribution in [3.63, 3.8) is 0 Å². The summed E-state index contributed by atoms with van der Waals surface area (Å²) in [4.78, 5) is 25.3. The number of hydrogen-bond acceptors (Lipinski definition) is 2. The Labute approximate surface area is 114 Å². The quantitative estimate of drug-likeness (QED) is 0.905. The molecule has 0 bridgehead atoms. The highest BCUT2D eigenvalue weighted by Crippen LogP contribution is 2.07. The molecule has 1 aromatic carbocycles. The van der Waals surface area contributed by atoms with Gasteiger partial charge in [0.1, 0.15) is 0 Å². The van der Waals surface area contributed by atoms with Crippen LogP contribution < -0.4 is 5.32 Å². The van der Waals surface area contributed by atoms with Crippen molar-refractivity contribution in [3.05, 3.63) is 35.4 Å². The Morgan fingerprint density at radius 3 is 2.42 bits per heavy atom. The summed E-state index contributed by atoms with van der Waals surface area (Å²) in [5, 5.41) is 2.83. The van der Waals surface area contributed by atoms with Crippen LogP contribution in [0.2, 0.25) is 0 Å². The lowest BCUT2D eigenvalue weighted by Gasteiger charge is -2.23. The minimum Gasteiger partial charge on any atom is -0.350 e. The van der Waals surface area contributed by atoms with E-state index in [4.69, 9.17) is 0 Å². The smallest absolute Gasteiger partial charge is 0.254 e. The second-order valence-electron chi connectivity index (χ2n) is 5.83. The molecule has 0 saturated heterocycles. The van der Waals surface area contributed by atoms with Crippen molar-refractivity contribution in [1.82, 2.24) is 10.2 Å². The van der Waals surface area contributed by atoms with Crippen molar-refractivity contribution >= 4 is 11.8 Å². The van der Waals surface area contributed by atoms with Crippen molar-refractivity contribution in [2.45, 2.75) is 33.2 Å². The van der Waals surface area contributed by atoms with E-state index >= 15 is 0 Å². The number of nitrogens with zero attached hydrogens (tertiary/aromatic N) is 1. The van der Waals surface area contributed by atoms with Gasteiger partial charge >= 0.3 is 0 Å². The molecule has 0 saturated carbocycles. The Morgan fingerprint density at radius 2 is 1.89 bits per heavy atom. The average molecular weight is 262 g/mol. The zero-order valence-electron chi connectivity index (χ0n) is 12.3. The van der Waals surface area contributed by atoms with Crippen molar-refractivity contribution in [2.75, 3.05) is 13.6 Å². The molecule has 0 atom stereocenters. The maximum atomic E-state index is 12.1. The molecule has 1 aromatic rings. The lowest BCUT2D eigenvalue weighted by Crippen LogP contribution is -2.46. The fourth-order valence-corrected chi connectivity index (χ4v) is 1.74. The molecule has 2 amide bonds. The standard InChI is InChI=1S/C15H22N2O2/c1-11-7-6-8-12(9-11)14(19)17(5)10-13(18)16-15(2,3)4/h6-9H,10H2,1-5H3,(H,16,18). The van der Waals surface area contributed by atoms with Gasteiger partial charge in [-0.25, -0.2) is 0 Å². The van der Waals surface area contributed by atoms with Crippen LogP contribution in [-0.4, -0.2) is 35.8 Å². The van der Waals surface area contributed by atoms with Crippen molar-refractivity contribution in [3.8, 4) is 0 Å². The van der Waals surface area contributed by atoms with E-state index in [9.17, 15) is 9.59 Å². The molecule has 0 aliphatic rings. The van der Waals surface area contributed by atoms with E-state index in [0.29, 0.717) is 5.56 Å². The number of benzene rings is 1. The first-order chi connectivity index (χ1) is 8.69. The van der Waals surface area contributed by atoms with Gasteiger partial charge in [0.05, 0.1) is 6.54 Å². The number of carbonyl (C=O) groups is 2. The van der Waals surface area contributed by atoms with Gasteiger partial charge in [0.2, 0.25) is 5.91 Å². The van der Waals surface area contributed by atoms with E-state index < -0.39 is 0 Å². The van der Waals surface area contributed by atoms with Crippen LogP contribution in [0.15, 0.2) is 24.3 Å². The van der Waals surface area contributed by atoms with Crippen molar-refractivity contribution < 1.29 is 9.59 Å². The SMILES string of the molecule is Cc1cccc(C(=O)N(C)CC(=O)NC(C)(C)C)c1. The molecule has 1 N–H and O–H groups in total. The van der Waals surface area contributed by atoms with Gasteiger partial charge in [0.25, 0.3) is 5.91 Å². The van der Waals surface area contributed by atoms with Crippen LogP contribution in [0.25, 0.3) is 0 Å². The van der Waals surface area contributed by atoms with E-state index in [0.717, 1.165) is 5.56 Å². The van der Waals surface area contributed by atoms with Crippen LogP contribution in [0.1, 0.15) is 36.7 Å². The number of hydrogen-bond donors (Lipinski definition) is 1. The summed E-state index contributed by atoms with van der Waals surface area (Å²) >= 11 is 0. The second kappa shape index (κ2) is 5.87. The van der Waals surface area contributed by atoms with Crippen LogP contribution in [0, 0.1) is 6.92 Å². The highest BCUT2D eigenvalue weighted by molar-refractivity contribution is 5.96. The molecule has 0 aromatic heterocycles. The summed E-state index contributed by atoms with van der Waals surface area (Å²) in [7, 11) is 1.63. The van der Waals surface area contributed by atoms with Gasteiger partial charge in [-0.3, -0.25) is 9.59 Å². The number of nitrogens with one attached hydrogen (secondary N) is 1. The average Bonchev–Trinajstić information content (AvgIpc) is 2.25. The summed E-state index contributed by atoms with van der Waals surface area (Å²) in [5.74, 6) is -0.302. The minimum absolute atomic E-state index is 0.0596. The predicted molar refractivity (Wildman–Crippen MR) is 76.0 cm³/mol. The van der Waals surface area contributed by atoms with Gasteiger partial charge in [-0.15, -0.1) is 0 Å². The molecule has 0 aliphatic heterocycles. The summed E-state index contributed by atoms with van der Waals surface area (Å²) in [5.41, 5.74) is 1.34. The summed E-state index contributed by atoms with van der Waals surface area (Å²) in [6.45, 7) is 7.72. The third kappa shape index (κ3) is 5.12. The molecule has 4 heteroatoms. The predicted octanol–water partition coefficient (Wildman–Crippen LogP) is 1.98. The van der Waals surface area contributed by atoms with E-state index in [-0.39, 0.29) is 23.9 Å². The van der Waals surface area contributed by atoms with Crippen LogP contribution >= 0.6 is 0 Å². The molecule has 0 unspecified atom stereocenters. The largest absolute Gasteiger partial charge is 0.350 e. The van der Waals surface area contributed by atoms with E-state index in [1.807, 2.05) is 45.9 Å². The molecular weight excluding hydrogens is 240 g/mol. The normalized spacial score (nSPS) is 11.0. The van der Waals surface area contributed by atoms with Gasteiger partial charge < -0.3 is 10.2 Å². The highest BCUT2D eigenvalue weighted by Gasteiger charge is 2.18. The van der Waals surface area contributed by atoms with Gasteiger partial charge in [-0.2, -0.15) is 0 Å². The molecule has 0 heterocycles. The molecule has 0 fully saturated rings. The number of rotatable bonds is 3. The molecule has 0 spiro atoms. The maximum absolute atomic E-state index is 12.1. The third-order valence-corrected chi connectivity index (χ3v) is 2.51. The van der Waals surface area contributed by atoms with E-state index in [1.54, 1.807) is 13.1 Å². The summed E-state index contributed by atoms with van der Waals surface area (Å²) in [6.07, 6.45) is 0. The summed E-state index contributed by atoms with van der Waals surface area (Å²) in [6, 6.07) is 7.35. The Balaban J connectivity index is 2.66. The van der Waals surface area contributed by atoms with Gasteiger partial charge in [0, 0.05) is 18.2 Å². The third-order valence-electron chi connectivity index (χ3n) is 2.51. The number of carbonyl (C=O) groups excluding carboxylic acids is 2.